The smallest absolute Gasteiger partial charge is 0.251 e. The van der Waals surface area contributed by atoms with Gasteiger partial charge in [-0.2, -0.15) is 0 Å². The zero-order valence-electron chi connectivity index (χ0n) is 13.6. The number of nitrogens with zero attached hydrogens (tertiary/aromatic N) is 2. The van der Waals surface area contributed by atoms with Crippen molar-refractivity contribution in [3.8, 4) is 0 Å². The van der Waals surface area contributed by atoms with Gasteiger partial charge in [0, 0.05) is 11.9 Å². The molecule has 0 saturated carbocycles. The maximum atomic E-state index is 13.0. The predicted octanol–water partition coefficient (Wildman–Crippen LogP) is 2.17. The van der Waals surface area contributed by atoms with E-state index in [0.717, 1.165) is 30.5 Å². The molecule has 1 saturated heterocycles. The topological polar surface area (TPSA) is 62.3 Å². The Balaban J connectivity index is 1.42. The molecule has 2 amide bonds. The van der Waals surface area contributed by atoms with Gasteiger partial charge in [0.15, 0.2) is 0 Å². The predicted molar refractivity (Wildman–Crippen MR) is 90.6 cm³/mol. The van der Waals surface area contributed by atoms with Crippen molar-refractivity contribution < 1.29 is 14.0 Å². The lowest BCUT2D eigenvalue weighted by molar-refractivity contribution is -0.131. The molecule has 1 N–H and O–H groups in total. The van der Waals surface area contributed by atoms with E-state index in [9.17, 15) is 14.0 Å². The third kappa shape index (κ3) is 2.88. The van der Waals surface area contributed by atoms with Crippen LogP contribution in [0.1, 0.15) is 30.0 Å². The average molecular weight is 339 g/mol. The first-order valence-corrected chi connectivity index (χ1v) is 8.44. The second kappa shape index (κ2) is 6.27. The second-order valence-electron chi connectivity index (χ2n) is 6.48. The van der Waals surface area contributed by atoms with Crippen LogP contribution in [-0.4, -0.2) is 29.4 Å². The number of hydrogen-bond donors (Lipinski definition) is 1. The van der Waals surface area contributed by atoms with Gasteiger partial charge in [0.2, 0.25) is 5.91 Å². The highest BCUT2D eigenvalue weighted by Crippen LogP contribution is 2.30. The number of pyridine rings is 1. The molecule has 1 aliphatic carbocycles. The van der Waals surface area contributed by atoms with E-state index in [0.29, 0.717) is 12.2 Å². The van der Waals surface area contributed by atoms with Crippen LogP contribution in [0.4, 0.5) is 10.1 Å². The van der Waals surface area contributed by atoms with E-state index in [1.165, 1.54) is 17.0 Å². The van der Waals surface area contributed by atoms with Crippen LogP contribution in [0.2, 0.25) is 0 Å². The number of aryl methyl sites for hydroxylation is 1. The minimum Gasteiger partial charge on any atom is -0.342 e. The lowest BCUT2D eigenvalue weighted by Crippen LogP contribution is -2.64. The number of nitrogens with one attached hydrogen (secondary N) is 1. The molecular weight excluding hydrogens is 321 g/mol. The van der Waals surface area contributed by atoms with Crippen LogP contribution < -0.4 is 10.2 Å². The Morgan fingerprint density at radius 1 is 1.24 bits per heavy atom. The number of benzene rings is 1. The SMILES string of the molecule is O=C(NC1CN(c2ccc(F)cc2)C1=O)C1CCCc2cccnc21. The van der Waals surface area contributed by atoms with E-state index < -0.39 is 6.04 Å². The molecule has 1 aromatic carbocycles. The number of anilines is 1. The molecule has 2 aliphatic rings. The summed E-state index contributed by atoms with van der Waals surface area (Å²) < 4.78 is 13.0. The van der Waals surface area contributed by atoms with Crippen molar-refractivity contribution in [2.24, 2.45) is 0 Å². The summed E-state index contributed by atoms with van der Waals surface area (Å²) >= 11 is 0. The lowest BCUT2D eigenvalue weighted by Gasteiger charge is -2.39. The molecule has 2 atom stereocenters. The number of fused-ring (bicyclic) bond motifs is 1. The minimum absolute atomic E-state index is 0.142. The maximum Gasteiger partial charge on any atom is 0.251 e. The van der Waals surface area contributed by atoms with E-state index in [1.54, 1.807) is 18.3 Å². The van der Waals surface area contributed by atoms with Crippen LogP contribution in [0.3, 0.4) is 0 Å². The first-order valence-electron chi connectivity index (χ1n) is 8.44. The molecule has 2 heterocycles. The summed E-state index contributed by atoms with van der Waals surface area (Å²) in [4.78, 5) is 30.8. The summed E-state index contributed by atoms with van der Waals surface area (Å²) in [7, 11) is 0. The summed E-state index contributed by atoms with van der Waals surface area (Å²) in [6.07, 6.45) is 4.33. The van der Waals surface area contributed by atoms with Gasteiger partial charge in [0.05, 0.1) is 18.2 Å². The van der Waals surface area contributed by atoms with Crippen molar-refractivity contribution in [3.63, 3.8) is 0 Å². The van der Waals surface area contributed by atoms with Gasteiger partial charge in [0.1, 0.15) is 11.9 Å². The van der Waals surface area contributed by atoms with Crippen molar-refractivity contribution in [2.75, 3.05) is 11.4 Å². The molecule has 6 heteroatoms. The quantitative estimate of drug-likeness (QED) is 0.872. The van der Waals surface area contributed by atoms with Crippen molar-refractivity contribution in [1.82, 2.24) is 10.3 Å². The Morgan fingerprint density at radius 2 is 2.04 bits per heavy atom. The third-order valence-corrected chi connectivity index (χ3v) is 4.90. The van der Waals surface area contributed by atoms with Crippen LogP contribution in [-0.2, 0) is 16.0 Å². The monoisotopic (exact) mass is 339 g/mol. The zero-order chi connectivity index (χ0) is 17.4. The van der Waals surface area contributed by atoms with Crippen LogP contribution in [0, 0.1) is 5.82 Å². The molecule has 1 fully saturated rings. The van der Waals surface area contributed by atoms with E-state index in [4.69, 9.17) is 0 Å². The number of amides is 2. The highest BCUT2D eigenvalue weighted by atomic mass is 19.1. The number of halogens is 1. The summed E-state index contributed by atoms with van der Waals surface area (Å²) in [6.45, 7) is 0.401. The fraction of sp³-hybridized carbons (Fsp3) is 0.316. The van der Waals surface area contributed by atoms with Gasteiger partial charge >= 0.3 is 0 Å². The number of carbonyl (C=O) groups is 2. The largest absolute Gasteiger partial charge is 0.342 e. The molecule has 2 unspecified atom stereocenters. The van der Waals surface area contributed by atoms with Crippen LogP contribution in [0.5, 0.6) is 0 Å². The van der Waals surface area contributed by atoms with Crippen molar-refractivity contribution in [1.29, 1.82) is 0 Å². The molecule has 1 aromatic heterocycles. The Kier molecular flexibility index (Phi) is 3.95. The number of hydrogen-bond acceptors (Lipinski definition) is 3. The number of aromatic nitrogens is 1. The Labute approximate surface area is 144 Å². The van der Waals surface area contributed by atoms with E-state index >= 15 is 0 Å². The van der Waals surface area contributed by atoms with E-state index in [1.807, 2.05) is 12.1 Å². The van der Waals surface area contributed by atoms with Gasteiger partial charge in [-0.25, -0.2) is 4.39 Å². The molecule has 0 radical (unpaired) electrons. The summed E-state index contributed by atoms with van der Waals surface area (Å²) in [5.41, 5.74) is 2.58. The first kappa shape index (κ1) is 15.7. The summed E-state index contributed by atoms with van der Waals surface area (Å²) in [6, 6.07) is 9.13. The van der Waals surface area contributed by atoms with Crippen LogP contribution in [0.15, 0.2) is 42.6 Å². The Bertz CT molecular complexity index is 822. The Morgan fingerprint density at radius 3 is 2.80 bits per heavy atom. The molecule has 0 spiro atoms. The van der Waals surface area contributed by atoms with Gasteiger partial charge in [-0.1, -0.05) is 6.07 Å². The molecular formula is C19H18FN3O2. The highest BCUT2D eigenvalue weighted by molar-refractivity contribution is 6.06. The van der Waals surface area contributed by atoms with Gasteiger partial charge in [0.25, 0.3) is 5.91 Å². The summed E-state index contributed by atoms with van der Waals surface area (Å²) in [5.74, 6) is -0.948. The van der Waals surface area contributed by atoms with E-state index in [-0.39, 0.29) is 23.5 Å². The van der Waals surface area contributed by atoms with Crippen LogP contribution >= 0.6 is 0 Å². The number of carbonyl (C=O) groups excluding carboxylic acids is 2. The molecule has 1 aliphatic heterocycles. The van der Waals surface area contributed by atoms with Gasteiger partial charge < -0.3 is 10.2 Å². The first-order chi connectivity index (χ1) is 12.1. The average Bonchev–Trinajstić information content (AvgIpc) is 2.65. The highest BCUT2D eigenvalue weighted by Gasteiger charge is 2.40. The maximum absolute atomic E-state index is 13.0. The number of β-lactam (4-membered cyclic amide) rings is 1. The normalized spacial score (nSPS) is 22.1. The molecule has 128 valence electrons. The molecule has 5 nitrogen and oxygen atoms in total. The lowest BCUT2D eigenvalue weighted by atomic mass is 9.85. The second-order valence-corrected chi connectivity index (χ2v) is 6.48. The molecule has 4 rings (SSSR count). The fourth-order valence-electron chi connectivity index (χ4n) is 3.52. The molecule has 2 aromatic rings. The Hall–Kier alpha value is -2.76. The van der Waals surface area contributed by atoms with Gasteiger partial charge in [-0.3, -0.25) is 14.6 Å². The zero-order valence-corrected chi connectivity index (χ0v) is 13.6. The van der Waals surface area contributed by atoms with Crippen molar-refractivity contribution >= 4 is 17.5 Å². The van der Waals surface area contributed by atoms with Gasteiger partial charge in [-0.05, 0) is 55.2 Å². The van der Waals surface area contributed by atoms with Crippen molar-refractivity contribution in [3.05, 3.63) is 59.7 Å². The molecule has 25 heavy (non-hydrogen) atoms. The van der Waals surface area contributed by atoms with Crippen LogP contribution in [0.25, 0.3) is 0 Å². The standard InChI is InChI=1S/C19H18FN3O2/c20-13-6-8-14(9-7-13)23-11-16(19(23)25)22-18(24)15-5-1-3-12-4-2-10-21-17(12)15/h2,4,6-10,15-16H,1,3,5,11H2,(H,22,24). The van der Waals surface area contributed by atoms with Gasteiger partial charge in [-0.15, -0.1) is 0 Å². The fourth-order valence-corrected chi connectivity index (χ4v) is 3.52. The molecule has 0 bridgehead atoms. The third-order valence-electron chi connectivity index (χ3n) is 4.90. The minimum atomic E-state index is -0.522. The van der Waals surface area contributed by atoms with Crippen molar-refractivity contribution in [2.45, 2.75) is 31.2 Å². The number of rotatable bonds is 3. The summed E-state index contributed by atoms with van der Waals surface area (Å²) in [5, 5.41) is 2.84. The van der Waals surface area contributed by atoms with E-state index in [2.05, 4.69) is 10.3 Å².